The van der Waals surface area contributed by atoms with E-state index in [-0.39, 0.29) is 5.91 Å². The van der Waals surface area contributed by atoms with E-state index in [9.17, 15) is 4.79 Å². The minimum Gasteiger partial charge on any atom is -0.372 e. The fraction of sp³-hybridized carbons (Fsp3) is 0.500. The van der Waals surface area contributed by atoms with Crippen LogP contribution in [-0.2, 0) is 4.79 Å². The summed E-state index contributed by atoms with van der Waals surface area (Å²) >= 11 is 0. The summed E-state index contributed by atoms with van der Waals surface area (Å²) in [6, 6.07) is 5.67. The fourth-order valence-corrected chi connectivity index (χ4v) is 2.21. The normalized spacial score (nSPS) is 16.7. The van der Waals surface area contributed by atoms with E-state index in [1.54, 1.807) is 6.92 Å². The van der Waals surface area contributed by atoms with E-state index >= 15 is 0 Å². The average Bonchev–Trinajstić information content (AvgIpc) is 2.85. The van der Waals surface area contributed by atoms with Gasteiger partial charge < -0.3 is 16.0 Å². The van der Waals surface area contributed by atoms with Crippen molar-refractivity contribution < 1.29 is 4.79 Å². The molecular formula is C14H21N3O. The molecule has 0 saturated carbocycles. The van der Waals surface area contributed by atoms with Crippen molar-refractivity contribution in [1.82, 2.24) is 0 Å². The van der Waals surface area contributed by atoms with Crippen molar-refractivity contribution >= 4 is 17.3 Å². The SMILES string of the molecule is Cc1cc(N2CCCC2)ccc1NC(=O)[C@H](C)N. The van der Waals surface area contributed by atoms with Crippen molar-refractivity contribution in [2.24, 2.45) is 5.73 Å². The van der Waals surface area contributed by atoms with Gasteiger partial charge in [0, 0.05) is 24.5 Å². The zero-order valence-corrected chi connectivity index (χ0v) is 11.1. The van der Waals surface area contributed by atoms with Gasteiger partial charge in [0.2, 0.25) is 5.91 Å². The van der Waals surface area contributed by atoms with Gasteiger partial charge in [0.1, 0.15) is 0 Å². The molecule has 3 N–H and O–H groups in total. The summed E-state index contributed by atoms with van der Waals surface area (Å²) in [5.41, 5.74) is 8.71. The van der Waals surface area contributed by atoms with Gasteiger partial charge in [-0.05, 0) is 50.5 Å². The van der Waals surface area contributed by atoms with Crippen LogP contribution in [0.4, 0.5) is 11.4 Å². The van der Waals surface area contributed by atoms with Crippen molar-refractivity contribution in [1.29, 1.82) is 0 Å². The molecule has 2 rings (SSSR count). The predicted octanol–water partition coefficient (Wildman–Crippen LogP) is 1.88. The van der Waals surface area contributed by atoms with Crippen LogP contribution in [0, 0.1) is 6.92 Å². The van der Waals surface area contributed by atoms with Gasteiger partial charge in [-0.1, -0.05) is 0 Å². The molecule has 1 aromatic rings. The van der Waals surface area contributed by atoms with E-state index in [2.05, 4.69) is 22.3 Å². The number of nitrogens with one attached hydrogen (secondary N) is 1. The molecule has 1 saturated heterocycles. The Morgan fingerprint density at radius 2 is 2.06 bits per heavy atom. The number of hydrogen-bond donors (Lipinski definition) is 2. The maximum Gasteiger partial charge on any atom is 0.241 e. The molecule has 1 heterocycles. The van der Waals surface area contributed by atoms with E-state index in [4.69, 9.17) is 5.73 Å². The van der Waals surface area contributed by atoms with Gasteiger partial charge in [-0.3, -0.25) is 4.79 Å². The fourth-order valence-electron chi connectivity index (χ4n) is 2.21. The Kier molecular flexibility index (Phi) is 3.87. The van der Waals surface area contributed by atoms with Crippen LogP contribution in [0.3, 0.4) is 0 Å². The number of nitrogens with two attached hydrogens (primary N) is 1. The third-order valence-corrected chi connectivity index (χ3v) is 3.35. The number of hydrogen-bond acceptors (Lipinski definition) is 3. The summed E-state index contributed by atoms with van der Waals surface area (Å²) in [7, 11) is 0. The maximum absolute atomic E-state index is 11.6. The molecule has 0 aliphatic carbocycles. The first-order valence-electron chi connectivity index (χ1n) is 6.50. The summed E-state index contributed by atoms with van der Waals surface area (Å²) in [5.74, 6) is -0.146. The highest BCUT2D eigenvalue weighted by Crippen LogP contribution is 2.25. The molecular weight excluding hydrogens is 226 g/mol. The largest absolute Gasteiger partial charge is 0.372 e. The van der Waals surface area contributed by atoms with Crippen molar-refractivity contribution in [3.05, 3.63) is 23.8 Å². The minimum atomic E-state index is -0.484. The first kappa shape index (κ1) is 12.9. The number of anilines is 2. The van der Waals surface area contributed by atoms with Crippen LogP contribution >= 0.6 is 0 Å². The topological polar surface area (TPSA) is 58.4 Å². The highest BCUT2D eigenvalue weighted by atomic mass is 16.2. The lowest BCUT2D eigenvalue weighted by Gasteiger charge is -2.19. The number of amides is 1. The molecule has 0 bridgehead atoms. The molecule has 98 valence electrons. The van der Waals surface area contributed by atoms with Crippen LogP contribution in [0.2, 0.25) is 0 Å². The second-order valence-electron chi connectivity index (χ2n) is 4.97. The lowest BCUT2D eigenvalue weighted by molar-refractivity contribution is -0.117. The summed E-state index contributed by atoms with van der Waals surface area (Å²) in [5, 5.41) is 2.84. The van der Waals surface area contributed by atoms with Crippen LogP contribution < -0.4 is 16.0 Å². The molecule has 0 radical (unpaired) electrons. The Hall–Kier alpha value is -1.55. The van der Waals surface area contributed by atoms with Gasteiger partial charge in [-0.15, -0.1) is 0 Å². The number of carbonyl (C=O) groups excluding carboxylic acids is 1. The molecule has 1 atom stereocenters. The Morgan fingerprint density at radius 1 is 1.39 bits per heavy atom. The molecule has 18 heavy (non-hydrogen) atoms. The molecule has 1 aromatic carbocycles. The zero-order valence-electron chi connectivity index (χ0n) is 11.1. The molecule has 4 heteroatoms. The molecule has 0 aromatic heterocycles. The van der Waals surface area contributed by atoms with Crippen molar-refractivity contribution in [2.45, 2.75) is 32.7 Å². The van der Waals surface area contributed by atoms with Gasteiger partial charge >= 0.3 is 0 Å². The van der Waals surface area contributed by atoms with E-state index in [1.165, 1.54) is 18.5 Å². The van der Waals surface area contributed by atoms with Crippen LogP contribution in [0.15, 0.2) is 18.2 Å². The molecule has 0 spiro atoms. The smallest absolute Gasteiger partial charge is 0.241 e. The van der Waals surface area contributed by atoms with Crippen molar-refractivity contribution in [2.75, 3.05) is 23.3 Å². The minimum absolute atomic E-state index is 0.146. The Bertz CT molecular complexity index is 437. The second-order valence-corrected chi connectivity index (χ2v) is 4.97. The van der Waals surface area contributed by atoms with Crippen molar-refractivity contribution in [3.63, 3.8) is 0 Å². The molecule has 1 amide bonds. The quantitative estimate of drug-likeness (QED) is 0.857. The second kappa shape index (κ2) is 5.40. The van der Waals surface area contributed by atoms with E-state index in [0.29, 0.717) is 0 Å². The number of rotatable bonds is 3. The monoisotopic (exact) mass is 247 g/mol. The lowest BCUT2D eigenvalue weighted by Crippen LogP contribution is -2.32. The number of nitrogens with zero attached hydrogens (tertiary/aromatic N) is 1. The Balaban J connectivity index is 2.12. The summed E-state index contributed by atoms with van der Waals surface area (Å²) in [4.78, 5) is 13.9. The summed E-state index contributed by atoms with van der Waals surface area (Å²) in [6.07, 6.45) is 2.53. The number of carbonyl (C=O) groups is 1. The molecule has 4 nitrogen and oxygen atoms in total. The molecule has 1 fully saturated rings. The zero-order chi connectivity index (χ0) is 13.1. The molecule has 1 aliphatic rings. The van der Waals surface area contributed by atoms with E-state index in [0.717, 1.165) is 24.3 Å². The van der Waals surface area contributed by atoms with E-state index < -0.39 is 6.04 Å². The first-order valence-corrected chi connectivity index (χ1v) is 6.50. The number of benzene rings is 1. The van der Waals surface area contributed by atoms with Crippen LogP contribution in [0.5, 0.6) is 0 Å². The van der Waals surface area contributed by atoms with Crippen LogP contribution in [0.25, 0.3) is 0 Å². The highest BCUT2D eigenvalue weighted by Gasteiger charge is 2.14. The highest BCUT2D eigenvalue weighted by molar-refractivity contribution is 5.95. The van der Waals surface area contributed by atoms with Crippen LogP contribution in [0.1, 0.15) is 25.3 Å². The first-order chi connectivity index (χ1) is 8.58. The van der Waals surface area contributed by atoms with Gasteiger partial charge in [-0.25, -0.2) is 0 Å². The predicted molar refractivity (Wildman–Crippen MR) is 74.9 cm³/mol. The maximum atomic E-state index is 11.6. The van der Waals surface area contributed by atoms with Crippen molar-refractivity contribution in [3.8, 4) is 0 Å². The molecule has 0 unspecified atom stereocenters. The number of aryl methyl sites for hydroxylation is 1. The van der Waals surface area contributed by atoms with E-state index in [1.807, 2.05) is 13.0 Å². The third-order valence-electron chi connectivity index (χ3n) is 3.35. The Labute approximate surface area is 108 Å². The third kappa shape index (κ3) is 2.82. The molecule has 1 aliphatic heterocycles. The summed E-state index contributed by atoms with van der Waals surface area (Å²) in [6.45, 7) is 5.95. The van der Waals surface area contributed by atoms with Gasteiger partial charge in [0.05, 0.1) is 6.04 Å². The van der Waals surface area contributed by atoms with Crippen LogP contribution in [-0.4, -0.2) is 25.0 Å². The van der Waals surface area contributed by atoms with Gasteiger partial charge in [-0.2, -0.15) is 0 Å². The van der Waals surface area contributed by atoms with Gasteiger partial charge in [0.15, 0.2) is 0 Å². The summed E-state index contributed by atoms with van der Waals surface area (Å²) < 4.78 is 0. The average molecular weight is 247 g/mol. The Morgan fingerprint density at radius 3 is 2.61 bits per heavy atom. The lowest BCUT2D eigenvalue weighted by atomic mass is 10.1. The standard InChI is InChI=1S/C14H21N3O/c1-10-9-12(17-7-3-4-8-17)5-6-13(10)16-14(18)11(2)15/h5-6,9,11H,3-4,7-8,15H2,1-2H3,(H,16,18)/t11-/m0/s1. The van der Waals surface area contributed by atoms with Gasteiger partial charge in [0.25, 0.3) is 0 Å².